The van der Waals surface area contributed by atoms with E-state index in [0.29, 0.717) is 24.3 Å². The first-order valence-corrected chi connectivity index (χ1v) is 7.36. The van der Waals surface area contributed by atoms with Crippen LogP contribution in [0.15, 0.2) is 24.3 Å². The summed E-state index contributed by atoms with van der Waals surface area (Å²) < 4.78 is 18.2. The van der Waals surface area contributed by atoms with Crippen molar-refractivity contribution in [1.82, 2.24) is 5.32 Å². The molecule has 4 heteroatoms. The molecule has 2 unspecified atom stereocenters. The lowest BCUT2D eigenvalue weighted by molar-refractivity contribution is 0.100. The Morgan fingerprint density at radius 2 is 1.95 bits per heavy atom. The second-order valence-corrected chi connectivity index (χ2v) is 5.93. The maximum absolute atomic E-state index is 12.7. The van der Waals surface area contributed by atoms with Crippen LogP contribution in [0.2, 0.25) is 0 Å². The lowest BCUT2D eigenvalue weighted by Crippen LogP contribution is -2.42. The summed E-state index contributed by atoms with van der Waals surface area (Å²) in [6.45, 7) is 5.16. The fourth-order valence-corrected chi connectivity index (χ4v) is 2.46. The van der Waals surface area contributed by atoms with E-state index in [4.69, 9.17) is 4.74 Å². The number of benzene rings is 1. The van der Waals surface area contributed by atoms with Gasteiger partial charge in [-0.1, -0.05) is 13.8 Å². The quantitative estimate of drug-likeness (QED) is 0.769. The van der Waals surface area contributed by atoms with Gasteiger partial charge in [-0.05, 0) is 48.9 Å². The van der Waals surface area contributed by atoms with Crippen molar-refractivity contribution >= 4 is 0 Å². The van der Waals surface area contributed by atoms with E-state index in [9.17, 15) is 9.50 Å². The number of rotatable bonds is 8. The molecule has 0 saturated heterocycles. The molecular formula is C16H24FNO2. The fourth-order valence-electron chi connectivity index (χ4n) is 2.46. The van der Waals surface area contributed by atoms with E-state index in [1.807, 2.05) is 0 Å². The minimum Gasteiger partial charge on any atom is -0.491 e. The molecule has 3 nitrogen and oxygen atoms in total. The summed E-state index contributed by atoms with van der Waals surface area (Å²) in [6, 6.07) is 6.31. The molecule has 2 N–H and O–H groups in total. The van der Waals surface area contributed by atoms with Gasteiger partial charge in [0.2, 0.25) is 0 Å². The molecule has 1 fully saturated rings. The number of aliphatic hydroxyl groups excluding tert-OH is 1. The van der Waals surface area contributed by atoms with Gasteiger partial charge in [0.1, 0.15) is 24.3 Å². The van der Waals surface area contributed by atoms with E-state index < -0.39 is 6.10 Å². The maximum Gasteiger partial charge on any atom is 0.123 e. The molecule has 20 heavy (non-hydrogen) atoms. The molecule has 0 bridgehead atoms. The lowest BCUT2D eigenvalue weighted by Gasteiger charge is -2.24. The third kappa shape index (κ3) is 4.76. The van der Waals surface area contributed by atoms with E-state index in [2.05, 4.69) is 19.2 Å². The predicted molar refractivity (Wildman–Crippen MR) is 77.3 cm³/mol. The Hall–Kier alpha value is -1.13. The van der Waals surface area contributed by atoms with Crippen molar-refractivity contribution in [2.45, 2.75) is 38.8 Å². The highest BCUT2D eigenvalue weighted by Crippen LogP contribution is 2.35. The molecule has 1 aliphatic carbocycles. The number of hydrogen-bond donors (Lipinski definition) is 2. The summed E-state index contributed by atoms with van der Waals surface area (Å²) in [5, 5.41) is 13.4. The van der Waals surface area contributed by atoms with E-state index in [1.54, 1.807) is 12.1 Å². The average molecular weight is 281 g/mol. The Bertz CT molecular complexity index is 401. The first-order valence-electron chi connectivity index (χ1n) is 7.36. The van der Waals surface area contributed by atoms with E-state index >= 15 is 0 Å². The normalized spacial score (nSPS) is 18.1. The van der Waals surface area contributed by atoms with Gasteiger partial charge in [0, 0.05) is 12.6 Å². The van der Waals surface area contributed by atoms with Crippen LogP contribution in [-0.2, 0) is 0 Å². The summed E-state index contributed by atoms with van der Waals surface area (Å²) in [5.41, 5.74) is 0. The molecule has 1 saturated carbocycles. The van der Waals surface area contributed by atoms with Crippen molar-refractivity contribution in [3.63, 3.8) is 0 Å². The van der Waals surface area contributed by atoms with Gasteiger partial charge in [-0.25, -0.2) is 4.39 Å². The van der Waals surface area contributed by atoms with Crippen LogP contribution in [-0.4, -0.2) is 30.4 Å². The minimum absolute atomic E-state index is 0.216. The third-order valence-electron chi connectivity index (χ3n) is 3.69. The van der Waals surface area contributed by atoms with Crippen LogP contribution in [0.25, 0.3) is 0 Å². The molecule has 1 aliphatic rings. The van der Waals surface area contributed by atoms with E-state index in [0.717, 1.165) is 5.92 Å². The van der Waals surface area contributed by atoms with Crippen LogP contribution < -0.4 is 10.1 Å². The van der Waals surface area contributed by atoms with Crippen molar-refractivity contribution in [3.8, 4) is 5.75 Å². The molecule has 1 aromatic carbocycles. The molecule has 2 atom stereocenters. The highest BCUT2D eigenvalue weighted by molar-refractivity contribution is 5.22. The Labute approximate surface area is 120 Å². The number of ether oxygens (including phenoxy) is 1. The van der Waals surface area contributed by atoms with Gasteiger partial charge in [-0.3, -0.25) is 0 Å². The number of halogens is 1. The molecule has 0 aromatic heterocycles. The fraction of sp³-hybridized carbons (Fsp3) is 0.625. The van der Waals surface area contributed by atoms with Crippen LogP contribution >= 0.6 is 0 Å². The zero-order chi connectivity index (χ0) is 14.5. The predicted octanol–water partition coefficient (Wildman–Crippen LogP) is 2.59. The van der Waals surface area contributed by atoms with E-state index in [1.165, 1.54) is 25.0 Å². The Kier molecular flexibility index (Phi) is 5.38. The summed E-state index contributed by atoms with van der Waals surface area (Å²) in [6.07, 6.45) is 2.02. The van der Waals surface area contributed by atoms with Crippen LogP contribution in [0.5, 0.6) is 5.75 Å². The van der Waals surface area contributed by atoms with Gasteiger partial charge in [-0.15, -0.1) is 0 Å². The van der Waals surface area contributed by atoms with Gasteiger partial charge in [-0.2, -0.15) is 0 Å². The molecule has 1 aromatic rings. The second kappa shape index (κ2) is 7.04. The van der Waals surface area contributed by atoms with Crippen LogP contribution in [0.1, 0.15) is 26.7 Å². The Morgan fingerprint density at radius 1 is 1.30 bits per heavy atom. The highest BCUT2D eigenvalue weighted by Gasteiger charge is 2.32. The van der Waals surface area contributed by atoms with Gasteiger partial charge in [0.25, 0.3) is 0 Å². The molecule has 0 radical (unpaired) electrons. The number of aliphatic hydroxyl groups is 1. The third-order valence-corrected chi connectivity index (χ3v) is 3.69. The second-order valence-electron chi connectivity index (χ2n) is 5.93. The van der Waals surface area contributed by atoms with Crippen molar-refractivity contribution in [3.05, 3.63) is 30.1 Å². The summed E-state index contributed by atoms with van der Waals surface area (Å²) in [4.78, 5) is 0. The zero-order valence-corrected chi connectivity index (χ0v) is 12.2. The van der Waals surface area contributed by atoms with Crippen LogP contribution in [0.3, 0.4) is 0 Å². The summed E-state index contributed by atoms with van der Waals surface area (Å²) >= 11 is 0. The standard InChI is InChI=1S/C16H24FNO2/c1-11(2)16(12-3-4-12)18-9-14(19)10-20-15-7-5-13(17)6-8-15/h5-8,11-12,14,16,18-19H,3-4,9-10H2,1-2H3. The molecule has 112 valence electrons. The van der Waals surface area contributed by atoms with Crippen LogP contribution in [0.4, 0.5) is 4.39 Å². The van der Waals surface area contributed by atoms with E-state index in [-0.39, 0.29) is 12.4 Å². The average Bonchev–Trinajstić information content (AvgIpc) is 3.22. The molecule has 0 heterocycles. The lowest BCUT2D eigenvalue weighted by atomic mass is 9.99. The van der Waals surface area contributed by atoms with Crippen molar-refractivity contribution in [2.24, 2.45) is 11.8 Å². The monoisotopic (exact) mass is 281 g/mol. The largest absolute Gasteiger partial charge is 0.491 e. The SMILES string of the molecule is CC(C)C(NCC(O)COc1ccc(F)cc1)C1CC1. The number of hydrogen-bond acceptors (Lipinski definition) is 3. The molecule has 0 aliphatic heterocycles. The van der Waals surface area contributed by atoms with Gasteiger partial charge < -0.3 is 15.2 Å². The molecule has 0 spiro atoms. The van der Waals surface area contributed by atoms with Crippen molar-refractivity contribution < 1.29 is 14.2 Å². The maximum atomic E-state index is 12.7. The highest BCUT2D eigenvalue weighted by atomic mass is 19.1. The first-order chi connectivity index (χ1) is 9.56. The Balaban J connectivity index is 1.69. The van der Waals surface area contributed by atoms with Crippen molar-refractivity contribution in [1.29, 1.82) is 0 Å². The first kappa shape index (κ1) is 15.3. The minimum atomic E-state index is -0.556. The van der Waals surface area contributed by atoms with Gasteiger partial charge in [0.05, 0.1) is 0 Å². The van der Waals surface area contributed by atoms with Crippen LogP contribution in [0, 0.1) is 17.7 Å². The molecular weight excluding hydrogens is 257 g/mol. The summed E-state index contributed by atoms with van der Waals surface area (Å²) in [5.74, 6) is 1.63. The summed E-state index contributed by atoms with van der Waals surface area (Å²) in [7, 11) is 0. The molecule has 0 amide bonds. The Morgan fingerprint density at radius 3 is 2.50 bits per heavy atom. The van der Waals surface area contributed by atoms with Gasteiger partial charge in [0.15, 0.2) is 0 Å². The number of nitrogens with one attached hydrogen (secondary N) is 1. The smallest absolute Gasteiger partial charge is 0.123 e. The van der Waals surface area contributed by atoms with Gasteiger partial charge >= 0.3 is 0 Å². The zero-order valence-electron chi connectivity index (χ0n) is 12.2. The topological polar surface area (TPSA) is 41.5 Å². The van der Waals surface area contributed by atoms with Crippen molar-refractivity contribution in [2.75, 3.05) is 13.2 Å². The molecule has 2 rings (SSSR count).